The molecule has 2 rings (SSSR count). The first-order chi connectivity index (χ1) is 12.2. The quantitative estimate of drug-likeness (QED) is 0.830. The topological polar surface area (TPSA) is 101 Å². The molecule has 1 aromatic heterocycles. The van der Waals surface area contributed by atoms with Gasteiger partial charge in [-0.1, -0.05) is 0 Å². The number of carbonyl (C=O) groups excluding carboxylic acids is 3. The third-order valence-electron chi connectivity index (χ3n) is 3.93. The second kappa shape index (κ2) is 8.73. The van der Waals surface area contributed by atoms with Gasteiger partial charge in [-0.2, -0.15) is 0 Å². The first-order valence-electron chi connectivity index (χ1n) is 8.83. The molecule has 0 aromatic carbocycles. The normalized spacial score (nSPS) is 15.4. The molecule has 1 fully saturated rings. The number of amides is 3. The zero-order valence-corrected chi connectivity index (χ0v) is 15.5. The molecular formula is C18H27N3O5. The smallest absolute Gasteiger partial charge is 0.407 e. The molecule has 8 heteroatoms. The molecule has 26 heavy (non-hydrogen) atoms. The Bertz CT molecular complexity index is 613. The first kappa shape index (κ1) is 19.8. The largest absolute Gasteiger partial charge is 0.459 e. The summed E-state index contributed by atoms with van der Waals surface area (Å²) in [5.41, 5.74) is -0.559. The fourth-order valence-electron chi connectivity index (χ4n) is 2.68. The van der Waals surface area contributed by atoms with E-state index in [1.54, 1.807) is 37.8 Å². The van der Waals surface area contributed by atoms with Crippen LogP contribution in [0.4, 0.5) is 4.79 Å². The van der Waals surface area contributed by atoms with E-state index >= 15 is 0 Å². The minimum absolute atomic E-state index is 0.0168. The summed E-state index contributed by atoms with van der Waals surface area (Å²) in [6.45, 7) is 6.75. The van der Waals surface area contributed by atoms with Gasteiger partial charge in [-0.05, 0) is 45.7 Å². The number of ether oxygens (including phenoxy) is 1. The van der Waals surface area contributed by atoms with E-state index in [1.807, 2.05) is 0 Å². The number of likely N-dealkylation sites (tertiary alicyclic amines) is 1. The summed E-state index contributed by atoms with van der Waals surface area (Å²) in [6, 6.07) is 3.31. The lowest BCUT2D eigenvalue weighted by Crippen LogP contribution is -2.47. The van der Waals surface area contributed by atoms with E-state index in [4.69, 9.17) is 9.15 Å². The lowest BCUT2D eigenvalue weighted by atomic mass is 10.0. The Labute approximate surface area is 153 Å². The SMILES string of the molecule is CC(C)(C)OC(=O)NCCC(=O)N1CCC(NC(=O)c2ccco2)CC1. The molecule has 0 atom stereocenters. The van der Waals surface area contributed by atoms with E-state index in [1.165, 1.54) is 6.26 Å². The molecule has 8 nitrogen and oxygen atoms in total. The van der Waals surface area contributed by atoms with Crippen molar-refractivity contribution in [2.75, 3.05) is 19.6 Å². The molecule has 2 heterocycles. The van der Waals surface area contributed by atoms with Crippen LogP contribution in [0.1, 0.15) is 50.6 Å². The van der Waals surface area contributed by atoms with Gasteiger partial charge in [-0.25, -0.2) is 4.79 Å². The third-order valence-corrected chi connectivity index (χ3v) is 3.93. The monoisotopic (exact) mass is 365 g/mol. The van der Waals surface area contributed by atoms with Crippen molar-refractivity contribution in [2.24, 2.45) is 0 Å². The standard InChI is InChI=1S/C18H27N3O5/c1-18(2,3)26-17(24)19-9-6-15(22)21-10-7-13(8-11-21)20-16(23)14-5-4-12-25-14/h4-5,12-13H,6-11H2,1-3H3,(H,19,24)(H,20,23). The maximum atomic E-state index is 12.2. The fraction of sp³-hybridized carbons (Fsp3) is 0.611. The van der Waals surface area contributed by atoms with Crippen molar-refractivity contribution in [1.82, 2.24) is 15.5 Å². The Balaban J connectivity index is 1.65. The van der Waals surface area contributed by atoms with Crippen molar-refractivity contribution >= 4 is 17.9 Å². The van der Waals surface area contributed by atoms with Crippen LogP contribution < -0.4 is 10.6 Å². The molecule has 0 aliphatic carbocycles. The Hall–Kier alpha value is -2.51. The van der Waals surface area contributed by atoms with Crippen LogP contribution in [0.2, 0.25) is 0 Å². The molecule has 1 aliphatic heterocycles. The summed E-state index contributed by atoms with van der Waals surface area (Å²) in [7, 11) is 0. The zero-order chi connectivity index (χ0) is 19.2. The Morgan fingerprint density at radius 3 is 2.54 bits per heavy atom. The maximum Gasteiger partial charge on any atom is 0.407 e. The van der Waals surface area contributed by atoms with Gasteiger partial charge < -0.3 is 24.7 Å². The molecular weight excluding hydrogens is 338 g/mol. The number of carbonyl (C=O) groups is 3. The molecule has 3 amide bonds. The number of hydrogen-bond donors (Lipinski definition) is 2. The number of nitrogens with one attached hydrogen (secondary N) is 2. The van der Waals surface area contributed by atoms with E-state index in [0.29, 0.717) is 25.9 Å². The van der Waals surface area contributed by atoms with E-state index in [0.717, 1.165) is 0 Å². The maximum absolute atomic E-state index is 12.2. The van der Waals surface area contributed by atoms with Crippen LogP contribution in [-0.4, -0.2) is 54.1 Å². The van der Waals surface area contributed by atoms with Crippen molar-refractivity contribution in [3.8, 4) is 0 Å². The van der Waals surface area contributed by atoms with E-state index in [2.05, 4.69) is 10.6 Å². The predicted octanol–water partition coefficient (Wildman–Crippen LogP) is 1.92. The average Bonchev–Trinajstić information content (AvgIpc) is 3.08. The number of piperidine rings is 1. The van der Waals surface area contributed by atoms with Crippen LogP contribution >= 0.6 is 0 Å². The van der Waals surface area contributed by atoms with Crippen LogP contribution in [0, 0.1) is 0 Å². The highest BCUT2D eigenvalue weighted by atomic mass is 16.6. The molecule has 0 radical (unpaired) electrons. The molecule has 144 valence electrons. The Kier molecular flexibility index (Phi) is 6.65. The molecule has 1 aliphatic rings. The van der Waals surface area contributed by atoms with Crippen molar-refractivity contribution in [1.29, 1.82) is 0 Å². The lowest BCUT2D eigenvalue weighted by molar-refractivity contribution is -0.132. The van der Waals surface area contributed by atoms with Crippen LogP contribution in [0.25, 0.3) is 0 Å². The molecule has 1 saturated heterocycles. The van der Waals surface area contributed by atoms with Gasteiger partial charge in [0.2, 0.25) is 5.91 Å². The summed E-state index contributed by atoms with van der Waals surface area (Å²) in [5, 5.41) is 5.50. The fourth-order valence-corrected chi connectivity index (χ4v) is 2.68. The predicted molar refractivity (Wildman–Crippen MR) is 94.6 cm³/mol. The summed E-state index contributed by atoms with van der Waals surface area (Å²) in [5.74, 6) is 0.0370. The average molecular weight is 365 g/mol. The van der Waals surface area contributed by atoms with Crippen molar-refractivity contribution in [3.63, 3.8) is 0 Å². The van der Waals surface area contributed by atoms with Gasteiger partial charge in [0.05, 0.1) is 6.26 Å². The number of nitrogens with zero attached hydrogens (tertiary/aromatic N) is 1. The van der Waals surface area contributed by atoms with E-state index in [-0.39, 0.29) is 36.6 Å². The molecule has 0 saturated carbocycles. The molecule has 0 bridgehead atoms. The summed E-state index contributed by atoms with van der Waals surface area (Å²) < 4.78 is 10.2. The minimum atomic E-state index is -0.559. The zero-order valence-electron chi connectivity index (χ0n) is 15.5. The number of furan rings is 1. The van der Waals surface area contributed by atoms with Gasteiger partial charge in [0.15, 0.2) is 5.76 Å². The van der Waals surface area contributed by atoms with Crippen molar-refractivity contribution in [3.05, 3.63) is 24.2 Å². The summed E-state index contributed by atoms with van der Waals surface area (Å²) in [6.07, 6.45) is 2.55. The first-order valence-corrected chi connectivity index (χ1v) is 8.83. The third kappa shape index (κ3) is 6.42. The van der Waals surface area contributed by atoms with Crippen LogP contribution in [-0.2, 0) is 9.53 Å². The number of rotatable bonds is 5. The van der Waals surface area contributed by atoms with Crippen molar-refractivity contribution in [2.45, 2.75) is 51.7 Å². The van der Waals surface area contributed by atoms with Gasteiger partial charge in [-0.15, -0.1) is 0 Å². The van der Waals surface area contributed by atoms with Crippen molar-refractivity contribution < 1.29 is 23.5 Å². The van der Waals surface area contributed by atoms with Crippen LogP contribution in [0.5, 0.6) is 0 Å². The summed E-state index contributed by atoms with van der Waals surface area (Å²) >= 11 is 0. The highest BCUT2D eigenvalue weighted by molar-refractivity contribution is 5.91. The van der Waals surface area contributed by atoms with Crippen LogP contribution in [0.3, 0.4) is 0 Å². The Morgan fingerprint density at radius 1 is 1.27 bits per heavy atom. The molecule has 2 N–H and O–H groups in total. The summed E-state index contributed by atoms with van der Waals surface area (Å²) in [4.78, 5) is 37.5. The molecule has 1 aromatic rings. The Morgan fingerprint density at radius 2 is 1.96 bits per heavy atom. The van der Waals surface area contributed by atoms with Crippen LogP contribution in [0.15, 0.2) is 22.8 Å². The number of alkyl carbamates (subject to hydrolysis) is 1. The van der Waals surface area contributed by atoms with Gasteiger partial charge in [0.1, 0.15) is 5.60 Å². The highest BCUT2D eigenvalue weighted by Crippen LogP contribution is 2.13. The van der Waals surface area contributed by atoms with Gasteiger partial charge in [-0.3, -0.25) is 9.59 Å². The van der Waals surface area contributed by atoms with E-state index < -0.39 is 11.7 Å². The molecule has 0 unspecified atom stereocenters. The van der Waals surface area contributed by atoms with Gasteiger partial charge in [0, 0.05) is 32.1 Å². The van der Waals surface area contributed by atoms with Gasteiger partial charge in [0.25, 0.3) is 5.91 Å². The molecule has 0 spiro atoms. The second-order valence-corrected chi connectivity index (χ2v) is 7.28. The lowest BCUT2D eigenvalue weighted by Gasteiger charge is -2.32. The van der Waals surface area contributed by atoms with Gasteiger partial charge >= 0.3 is 6.09 Å². The second-order valence-electron chi connectivity index (χ2n) is 7.28. The van der Waals surface area contributed by atoms with E-state index in [9.17, 15) is 14.4 Å². The number of hydrogen-bond acceptors (Lipinski definition) is 5. The minimum Gasteiger partial charge on any atom is -0.459 e. The highest BCUT2D eigenvalue weighted by Gasteiger charge is 2.24.